The molecule has 4 nitrogen and oxygen atoms in total. The fourth-order valence-corrected chi connectivity index (χ4v) is 5.10. The summed E-state index contributed by atoms with van der Waals surface area (Å²) in [4.78, 5) is 23.6. The summed E-state index contributed by atoms with van der Waals surface area (Å²) in [5.41, 5.74) is 0. The van der Waals surface area contributed by atoms with Crippen molar-refractivity contribution in [3.8, 4) is 0 Å². The van der Waals surface area contributed by atoms with Crippen LogP contribution >= 0.6 is 11.5 Å². The minimum Gasteiger partial charge on any atom is -0.347 e. The second-order valence-electron chi connectivity index (χ2n) is 8.13. The first-order chi connectivity index (χ1) is 14.1. The molecule has 0 aliphatic carbocycles. The van der Waals surface area contributed by atoms with E-state index in [2.05, 4.69) is 13.8 Å². The van der Waals surface area contributed by atoms with Crippen molar-refractivity contribution in [2.24, 2.45) is 5.92 Å². The van der Waals surface area contributed by atoms with Crippen LogP contribution in [0.25, 0.3) is 0 Å². The lowest BCUT2D eigenvalue weighted by molar-refractivity contribution is -0.136. The van der Waals surface area contributed by atoms with Crippen molar-refractivity contribution in [2.45, 2.75) is 130 Å². The van der Waals surface area contributed by atoms with Crippen molar-refractivity contribution < 1.29 is 18.0 Å². The van der Waals surface area contributed by atoms with Crippen LogP contribution in [0, 0.1) is 5.92 Å². The Balaban J connectivity index is 4.59. The van der Waals surface area contributed by atoms with E-state index in [1.807, 2.05) is 0 Å². The maximum Gasteiger partial charge on any atom is 0.328 e. The van der Waals surface area contributed by atoms with E-state index in [0.29, 0.717) is 24.5 Å². The lowest BCUT2D eigenvalue weighted by Gasteiger charge is -2.28. The van der Waals surface area contributed by atoms with Gasteiger partial charge in [0.2, 0.25) is 0 Å². The van der Waals surface area contributed by atoms with Crippen LogP contribution in [0.5, 0.6) is 0 Å². The number of unbranched alkanes of at least 4 members (excludes halogenated alkanes) is 10. The number of hydrogen-bond acceptors (Lipinski definition) is 4. The molecule has 0 spiro atoms. The molecule has 0 N–H and O–H groups in total. The lowest BCUT2D eigenvalue weighted by atomic mass is 9.95. The van der Waals surface area contributed by atoms with Crippen LogP contribution in [0.3, 0.4) is 0 Å². The molecule has 0 amide bonds. The molecule has 0 heterocycles. The molecule has 5 heteroatoms. The average Bonchev–Trinajstić information content (AvgIpc) is 2.72. The quantitative estimate of drug-likeness (QED) is 0.157. The van der Waals surface area contributed by atoms with Gasteiger partial charge in [-0.25, -0.2) is 0 Å². The SMILES string of the molecule is CCCCCCCCC(CCCCCCCC)C[SH](OC(=O)CC)OC(=O)CC. The second-order valence-corrected chi connectivity index (χ2v) is 9.52. The van der Waals surface area contributed by atoms with Crippen molar-refractivity contribution in [1.29, 1.82) is 0 Å². The number of rotatable bonds is 20. The Morgan fingerprint density at radius 3 is 1.38 bits per heavy atom. The normalized spacial score (nSPS) is 11.6. The highest BCUT2D eigenvalue weighted by Crippen LogP contribution is 2.35. The van der Waals surface area contributed by atoms with Gasteiger partial charge in [0.25, 0.3) is 0 Å². The van der Waals surface area contributed by atoms with Crippen LogP contribution < -0.4 is 0 Å². The second kappa shape index (κ2) is 20.6. The predicted molar refractivity (Wildman–Crippen MR) is 126 cm³/mol. The monoisotopic (exact) mass is 432 g/mol. The molecule has 0 saturated heterocycles. The van der Waals surface area contributed by atoms with Gasteiger partial charge in [0.1, 0.15) is 0 Å². The van der Waals surface area contributed by atoms with Gasteiger partial charge < -0.3 is 8.37 Å². The van der Waals surface area contributed by atoms with Crippen molar-refractivity contribution in [3.63, 3.8) is 0 Å². The highest BCUT2D eigenvalue weighted by atomic mass is 32.2. The van der Waals surface area contributed by atoms with E-state index in [4.69, 9.17) is 8.37 Å². The third kappa shape index (κ3) is 17.8. The van der Waals surface area contributed by atoms with E-state index in [1.54, 1.807) is 13.8 Å². The molecule has 0 rings (SSSR count). The third-order valence-electron chi connectivity index (χ3n) is 5.32. The van der Waals surface area contributed by atoms with Crippen LogP contribution in [0.2, 0.25) is 0 Å². The minimum atomic E-state index is -1.45. The topological polar surface area (TPSA) is 52.6 Å². The molecule has 0 fully saturated rings. The van der Waals surface area contributed by atoms with Gasteiger partial charge in [-0.15, -0.1) is 11.5 Å². The number of carbonyl (C=O) groups excluding carboxylic acids is 2. The first-order valence-corrected chi connectivity index (χ1v) is 13.6. The molecule has 0 bridgehead atoms. The fraction of sp³-hybridized carbons (Fsp3) is 0.917. The van der Waals surface area contributed by atoms with E-state index in [-0.39, 0.29) is 11.9 Å². The van der Waals surface area contributed by atoms with Crippen molar-refractivity contribution in [3.05, 3.63) is 0 Å². The van der Waals surface area contributed by atoms with Gasteiger partial charge >= 0.3 is 11.9 Å². The molecule has 0 saturated carbocycles. The lowest BCUT2D eigenvalue weighted by Crippen LogP contribution is -2.15. The third-order valence-corrected chi connectivity index (χ3v) is 6.95. The van der Waals surface area contributed by atoms with Crippen molar-refractivity contribution >= 4 is 23.4 Å². The summed E-state index contributed by atoms with van der Waals surface area (Å²) in [7, 11) is 0. The first kappa shape index (κ1) is 28.3. The Hall–Kier alpha value is -0.710. The molecule has 0 atom stereocenters. The van der Waals surface area contributed by atoms with Crippen LogP contribution in [-0.2, 0) is 18.0 Å². The van der Waals surface area contributed by atoms with Gasteiger partial charge in [-0.05, 0) is 18.8 Å². The van der Waals surface area contributed by atoms with Gasteiger partial charge in [0.05, 0.1) is 5.75 Å². The smallest absolute Gasteiger partial charge is 0.328 e. The summed E-state index contributed by atoms with van der Waals surface area (Å²) in [6.07, 6.45) is 18.4. The summed E-state index contributed by atoms with van der Waals surface area (Å²) in [5.74, 6) is 0.653. The van der Waals surface area contributed by atoms with Gasteiger partial charge in [0.15, 0.2) is 0 Å². The van der Waals surface area contributed by atoms with Gasteiger partial charge in [-0.3, -0.25) is 9.59 Å². The molecule has 0 aliphatic heterocycles. The standard InChI is InChI=1S/C24H48O4S/c1-5-9-11-13-15-17-19-22(20-18-16-14-12-10-6-2)21-29(27-23(25)7-3)28-24(26)8-4/h22,29H,5-21H2,1-4H3. The maximum absolute atomic E-state index is 11.8. The Bertz CT molecular complexity index is 366. The summed E-state index contributed by atoms with van der Waals surface area (Å²) < 4.78 is 11.0. The fourth-order valence-electron chi connectivity index (χ4n) is 3.41. The summed E-state index contributed by atoms with van der Waals surface area (Å²) in [6, 6.07) is 0. The molecule has 0 unspecified atom stereocenters. The largest absolute Gasteiger partial charge is 0.347 e. The van der Waals surface area contributed by atoms with Gasteiger partial charge in [-0.1, -0.05) is 105 Å². The highest BCUT2D eigenvalue weighted by molar-refractivity contribution is 8.09. The van der Waals surface area contributed by atoms with E-state index in [1.165, 1.54) is 77.0 Å². The van der Waals surface area contributed by atoms with E-state index >= 15 is 0 Å². The number of thiol groups is 1. The zero-order valence-corrected chi connectivity index (χ0v) is 20.6. The molecule has 174 valence electrons. The Morgan fingerprint density at radius 1 is 0.621 bits per heavy atom. The van der Waals surface area contributed by atoms with Gasteiger partial charge in [0, 0.05) is 12.8 Å². The Labute approximate surface area is 183 Å². The van der Waals surface area contributed by atoms with E-state index in [0.717, 1.165) is 12.8 Å². The van der Waals surface area contributed by atoms with Crippen LogP contribution in [0.4, 0.5) is 0 Å². The number of carbonyl (C=O) groups is 2. The summed E-state index contributed by atoms with van der Waals surface area (Å²) in [6.45, 7) is 8.05. The zero-order valence-electron chi connectivity index (χ0n) is 19.7. The van der Waals surface area contributed by atoms with Gasteiger partial charge in [-0.2, -0.15) is 0 Å². The van der Waals surface area contributed by atoms with Crippen molar-refractivity contribution in [1.82, 2.24) is 0 Å². The molecule has 0 aliphatic rings. The zero-order chi connectivity index (χ0) is 21.7. The Morgan fingerprint density at radius 2 is 1.00 bits per heavy atom. The van der Waals surface area contributed by atoms with Crippen molar-refractivity contribution in [2.75, 3.05) is 5.75 Å². The highest BCUT2D eigenvalue weighted by Gasteiger charge is 2.18. The number of hydrogen-bond donors (Lipinski definition) is 1. The first-order valence-electron chi connectivity index (χ1n) is 12.3. The van der Waals surface area contributed by atoms with Crippen LogP contribution in [0.1, 0.15) is 130 Å². The molecule has 0 aromatic heterocycles. The maximum atomic E-state index is 11.8. The molecular weight excluding hydrogens is 384 g/mol. The average molecular weight is 433 g/mol. The van der Waals surface area contributed by atoms with Crippen LogP contribution in [-0.4, -0.2) is 17.7 Å². The van der Waals surface area contributed by atoms with E-state index < -0.39 is 11.5 Å². The summed E-state index contributed by atoms with van der Waals surface area (Å²) in [5, 5.41) is 0. The minimum absolute atomic E-state index is 0.266. The molecule has 0 aromatic rings. The Kier molecular flexibility index (Phi) is 20.1. The predicted octanol–water partition coefficient (Wildman–Crippen LogP) is 7.84. The summed E-state index contributed by atoms with van der Waals surface area (Å²) >= 11 is -1.45. The molecule has 0 aromatic carbocycles. The van der Waals surface area contributed by atoms with E-state index in [9.17, 15) is 9.59 Å². The molecule has 0 radical (unpaired) electrons. The molecule has 29 heavy (non-hydrogen) atoms. The van der Waals surface area contributed by atoms with Crippen LogP contribution in [0.15, 0.2) is 0 Å². The molecular formula is C24H48O4S.